The predicted molar refractivity (Wildman–Crippen MR) is 66.7 cm³/mol. The molecule has 0 aliphatic carbocycles. The van der Waals surface area contributed by atoms with Crippen LogP contribution >= 0.6 is 11.8 Å². The van der Waals surface area contributed by atoms with Crippen LogP contribution < -0.4 is 5.69 Å². The highest BCUT2D eigenvalue weighted by Gasteiger charge is 2.11. The average molecular weight is 283 g/mol. The SMILES string of the molecule is Cn1c(SCc2ccc(C(=O)O)c(F)c2)n[nH]c1=O. The van der Waals surface area contributed by atoms with Crippen molar-refractivity contribution in [2.45, 2.75) is 10.9 Å². The maximum atomic E-state index is 13.4. The first-order valence-electron chi connectivity index (χ1n) is 5.25. The number of benzene rings is 1. The normalized spacial score (nSPS) is 10.6. The molecule has 0 radical (unpaired) electrons. The summed E-state index contributed by atoms with van der Waals surface area (Å²) in [5, 5.41) is 15.3. The number of hydrogen-bond acceptors (Lipinski definition) is 4. The summed E-state index contributed by atoms with van der Waals surface area (Å²) in [4.78, 5) is 21.8. The number of nitrogens with one attached hydrogen (secondary N) is 1. The Morgan fingerprint density at radius 1 is 1.58 bits per heavy atom. The molecule has 0 saturated heterocycles. The van der Waals surface area contributed by atoms with Crippen molar-refractivity contribution < 1.29 is 14.3 Å². The number of thioether (sulfide) groups is 1. The molecule has 2 N–H and O–H groups in total. The summed E-state index contributed by atoms with van der Waals surface area (Å²) in [5.41, 5.74) is -0.0706. The van der Waals surface area contributed by atoms with Crippen LogP contribution in [0.5, 0.6) is 0 Å². The van der Waals surface area contributed by atoms with E-state index in [-0.39, 0.29) is 11.3 Å². The third-order valence-electron chi connectivity index (χ3n) is 2.47. The van der Waals surface area contributed by atoms with Gasteiger partial charge in [-0.3, -0.25) is 4.57 Å². The second kappa shape index (κ2) is 5.27. The molecular weight excluding hydrogens is 273 g/mol. The molecular formula is C11H10FN3O3S. The summed E-state index contributed by atoms with van der Waals surface area (Å²) in [5.74, 6) is -1.69. The molecule has 19 heavy (non-hydrogen) atoms. The Morgan fingerprint density at radius 3 is 2.84 bits per heavy atom. The van der Waals surface area contributed by atoms with Crippen LogP contribution in [0, 0.1) is 5.82 Å². The molecule has 6 nitrogen and oxygen atoms in total. The highest BCUT2D eigenvalue weighted by molar-refractivity contribution is 7.98. The van der Waals surface area contributed by atoms with Gasteiger partial charge in [0.25, 0.3) is 0 Å². The van der Waals surface area contributed by atoms with Crippen LogP contribution in [-0.2, 0) is 12.8 Å². The monoisotopic (exact) mass is 283 g/mol. The van der Waals surface area contributed by atoms with Gasteiger partial charge in [0.1, 0.15) is 5.82 Å². The number of carboxylic acid groups (broad SMARTS) is 1. The van der Waals surface area contributed by atoms with Crippen molar-refractivity contribution in [1.82, 2.24) is 14.8 Å². The third-order valence-corrected chi connectivity index (χ3v) is 3.57. The van der Waals surface area contributed by atoms with Gasteiger partial charge in [-0.2, -0.15) is 0 Å². The standard InChI is InChI=1S/C11H10FN3O3S/c1-15-10(18)13-14-11(15)19-5-6-2-3-7(9(16)17)8(12)4-6/h2-4H,5H2,1H3,(H,13,18)(H,16,17). The summed E-state index contributed by atoms with van der Waals surface area (Å²) in [6.07, 6.45) is 0. The summed E-state index contributed by atoms with van der Waals surface area (Å²) >= 11 is 1.25. The van der Waals surface area contributed by atoms with Gasteiger partial charge in [-0.1, -0.05) is 17.8 Å². The minimum absolute atomic E-state index is 0.324. The fourth-order valence-corrected chi connectivity index (χ4v) is 2.29. The number of carbonyl (C=O) groups is 1. The fourth-order valence-electron chi connectivity index (χ4n) is 1.43. The minimum atomic E-state index is -1.30. The largest absolute Gasteiger partial charge is 0.478 e. The van der Waals surface area contributed by atoms with Crippen molar-refractivity contribution in [3.8, 4) is 0 Å². The lowest BCUT2D eigenvalue weighted by atomic mass is 10.1. The van der Waals surface area contributed by atoms with E-state index in [1.807, 2.05) is 0 Å². The molecule has 0 unspecified atom stereocenters. The van der Waals surface area contributed by atoms with Gasteiger partial charge in [-0.15, -0.1) is 5.10 Å². The molecule has 0 aliphatic heterocycles. The Balaban J connectivity index is 2.12. The summed E-state index contributed by atoms with van der Waals surface area (Å²) in [7, 11) is 1.57. The maximum absolute atomic E-state index is 13.4. The van der Waals surface area contributed by atoms with Crippen molar-refractivity contribution in [2.75, 3.05) is 0 Å². The van der Waals surface area contributed by atoms with Crippen molar-refractivity contribution in [1.29, 1.82) is 0 Å². The number of carboxylic acids is 1. The smallest absolute Gasteiger partial charge is 0.343 e. The Bertz CT molecular complexity index is 680. The lowest BCUT2D eigenvalue weighted by Gasteiger charge is -2.03. The van der Waals surface area contributed by atoms with Gasteiger partial charge in [-0.05, 0) is 17.7 Å². The fraction of sp³-hybridized carbons (Fsp3) is 0.182. The Labute approximate surface area is 111 Å². The number of nitrogens with zero attached hydrogens (tertiary/aromatic N) is 2. The molecule has 8 heteroatoms. The van der Waals surface area contributed by atoms with Gasteiger partial charge in [0.15, 0.2) is 5.16 Å². The quantitative estimate of drug-likeness (QED) is 0.824. The van der Waals surface area contributed by atoms with E-state index in [1.54, 1.807) is 7.05 Å². The van der Waals surface area contributed by atoms with Crippen LogP contribution in [0.4, 0.5) is 4.39 Å². The van der Waals surface area contributed by atoms with Crippen LogP contribution in [-0.4, -0.2) is 25.8 Å². The second-order valence-electron chi connectivity index (χ2n) is 3.78. The van der Waals surface area contributed by atoms with Crippen LogP contribution in [0.25, 0.3) is 0 Å². The lowest BCUT2D eigenvalue weighted by molar-refractivity contribution is 0.0692. The second-order valence-corrected chi connectivity index (χ2v) is 4.72. The number of aromatic nitrogens is 3. The Kier molecular flexibility index (Phi) is 3.70. The number of H-pyrrole nitrogens is 1. The van der Waals surface area contributed by atoms with Crippen LogP contribution in [0.15, 0.2) is 28.2 Å². The van der Waals surface area contributed by atoms with E-state index in [0.29, 0.717) is 16.5 Å². The molecule has 1 aromatic carbocycles. The molecule has 0 fully saturated rings. The van der Waals surface area contributed by atoms with Gasteiger partial charge in [-0.25, -0.2) is 19.1 Å². The van der Waals surface area contributed by atoms with Crippen LogP contribution in [0.3, 0.4) is 0 Å². The third kappa shape index (κ3) is 2.84. The zero-order valence-corrected chi connectivity index (χ0v) is 10.7. The minimum Gasteiger partial charge on any atom is -0.478 e. The molecule has 2 aromatic rings. The number of rotatable bonds is 4. The molecule has 2 rings (SSSR count). The first-order valence-corrected chi connectivity index (χ1v) is 6.23. The number of hydrogen-bond donors (Lipinski definition) is 2. The highest BCUT2D eigenvalue weighted by atomic mass is 32.2. The molecule has 1 aromatic heterocycles. The topological polar surface area (TPSA) is 88.0 Å². The first-order chi connectivity index (χ1) is 8.99. The van der Waals surface area contributed by atoms with E-state index in [4.69, 9.17) is 5.11 Å². The van der Waals surface area contributed by atoms with E-state index in [2.05, 4.69) is 10.2 Å². The first kappa shape index (κ1) is 13.3. The average Bonchev–Trinajstić information content (AvgIpc) is 2.67. The Hall–Kier alpha value is -2.09. The summed E-state index contributed by atoms with van der Waals surface area (Å²) in [6.45, 7) is 0. The van der Waals surface area contributed by atoms with E-state index < -0.39 is 11.8 Å². The van der Waals surface area contributed by atoms with Crippen molar-refractivity contribution >= 4 is 17.7 Å². The van der Waals surface area contributed by atoms with Crippen molar-refractivity contribution in [3.63, 3.8) is 0 Å². The van der Waals surface area contributed by atoms with Gasteiger partial charge in [0, 0.05) is 12.8 Å². The zero-order valence-electron chi connectivity index (χ0n) is 9.88. The molecule has 0 bridgehead atoms. The van der Waals surface area contributed by atoms with Gasteiger partial charge in [0.2, 0.25) is 0 Å². The molecule has 0 atom stereocenters. The number of aromatic carboxylic acids is 1. The van der Waals surface area contributed by atoms with Crippen LogP contribution in [0.2, 0.25) is 0 Å². The highest BCUT2D eigenvalue weighted by Crippen LogP contribution is 2.20. The van der Waals surface area contributed by atoms with Crippen molar-refractivity contribution in [2.24, 2.45) is 7.05 Å². The van der Waals surface area contributed by atoms with E-state index in [1.165, 1.54) is 34.5 Å². The van der Waals surface area contributed by atoms with E-state index in [0.717, 1.165) is 0 Å². The van der Waals surface area contributed by atoms with Gasteiger partial charge in [0.05, 0.1) is 5.56 Å². The summed E-state index contributed by atoms with van der Waals surface area (Å²) < 4.78 is 14.8. The summed E-state index contributed by atoms with van der Waals surface area (Å²) in [6, 6.07) is 3.92. The Morgan fingerprint density at radius 2 is 2.32 bits per heavy atom. The van der Waals surface area contributed by atoms with Crippen LogP contribution in [0.1, 0.15) is 15.9 Å². The molecule has 0 spiro atoms. The predicted octanol–water partition coefficient (Wildman–Crippen LogP) is 1.24. The molecule has 0 amide bonds. The van der Waals surface area contributed by atoms with Crippen molar-refractivity contribution in [3.05, 3.63) is 45.6 Å². The molecule has 0 aliphatic rings. The van der Waals surface area contributed by atoms with Gasteiger partial charge < -0.3 is 5.11 Å². The maximum Gasteiger partial charge on any atom is 0.343 e. The number of halogens is 1. The lowest BCUT2D eigenvalue weighted by Crippen LogP contribution is -2.12. The molecule has 1 heterocycles. The molecule has 100 valence electrons. The zero-order chi connectivity index (χ0) is 14.0. The number of aromatic amines is 1. The van der Waals surface area contributed by atoms with Gasteiger partial charge >= 0.3 is 11.7 Å². The van der Waals surface area contributed by atoms with E-state index in [9.17, 15) is 14.0 Å². The van der Waals surface area contributed by atoms with E-state index >= 15 is 0 Å². The molecule has 0 saturated carbocycles.